The Hall–Kier alpha value is -1.04. The summed E-state index contributed by atoms with van der Waals surface area (Å²) in [6, 6.07) is 0. The van der Waals surface area contributed by atoms with Gasteiger partial charge < -0.3 is 4.74 Å². The minimum absolute atomic E-state index is 0.139. The number of nitrogens with zero attached hydrogens (tertiary/aromatic N) is 1. The summed E-state index contributed by atoms with van der Waals surface area (Å²) in [5.74, 6) is 0. The van der Waals surface area contributed by atoms with Gasteiger partial charge in [0, 0.05) is 13.0 Å². The van der Waals surface area contributed by atoms with E-state index in [1.807, 2.05) is 0 Å². The van der Waals surface area contributed by atoms with Crippen LogP contribution in [0, 0.1) is 0 Å². The SMILES string of the molecule is CC(C)(C)OC(=O)N1CCCCC1=S(=O)=O. The van der Waals surface area contributed by atoms with Gasteiger partial charge in [-0.25, -0.2) is 4.79 Å². The average molecular weight is 247 g/mol. The van der Waals surface area contributed by atoms with Crippen LogP contribution >= 0.6 is 0 Å². The molecule has 0 aromatic rings. The number of ether oxygens (including phenoxy) is 1. The number of hydrogen-bond acceptors (Lipinski definition) is 4. The number of piperidine rings is 1. The Balaban J connectivity index is 2.85. The maximum absolute atomic E-state index is 11.7. The van der Waals surface area contributed by atoms with E-state index in [2.05, 4.69) is 0 Å². The minimum Gasteiger partial charge on any atom is -0.443 e. The molecule has 1 aliphatic rings. The Labute approximate surface area is 96.9 Å². The minimum atomic E-state index is -2.34. The number of carbonyl (C=O) groups excluding carboxylic acids is 1. The lowest BCUT2D eigenvalue weighted by Gasteiger charge is -2.29. The summed E-state index contributed by atoms with van der Waals surface area (Å²) < 4.78 is 27.0. The van der Waals surface area contributed by atoms with Crippen LogP contribution in [-0.2, 0) is 15.0 Å². The van der Waals surface area contributed by atoms with Crippen molar-refractivity contribution in [1.29, 1.82) is 0 Å². The van der Waals surface area contributed by atoms with Gasteiger partial charge in [0.15, 0.2) is 0 Å². The Morgan fingerprint density at radius 3 is 2.44 bits per heavy atom. The second-order valence-electron chi connectivity index (χ2n) is 4.72. The van der Waals surface area contributed by atoms with Crippen molar-refractivity contribution in [2.75, 3.05) is 6.54 Å². The molecule has 1 amide bonds. The summed E-state index contributed by atoms with van der Waals surface area (Å²) in [6.07, 6.45) is 1.43. The average Bonchev–Trinajstić information content (AvgIpc) is 2.15. The molecule has 0 radical (unpaired) electrons. The standard InChI is InChI=1S/C10H17NO4S/c1-10(2,3)15-9(12)11-7-5-4-6-8(11)16(13)14/h4-7H2,1-3H3. The van der Waals surface area contributed by atoms with E-state index in [0.717, 1.165) is 12.8 Å². The number of amides is 1. The summed E-state index contributed by atoms with van der Waals surface area (Å²) in [7, 11) is -2.34. The van der Waals surface area contributed by atoms with Gasteiger partial charge in [-0.1, -0.05) is 0 Å². The van der Waals surface area contributed by atoms with Crippen LogP contribution in [0.4, 0.5) is 4.79 Å². The fraction of sp³-hybridized carbons (Fsp3) is 0.800. The van der Waals surface area contributed by atoms with Crippen LogP contribution in [0.2, 0.25) is 0 Å². The van der Waals surface area contributed by atoms with Crippen LogP contribution in [0.5, 0.6) is 0 Å². The zero-order chi connectivity index (χ0) is 12.3. The van der Waals surface area contributed by atoms with Crippen molar-refractivity contribution in [1.82, 2.24) is 4.90 Å². The zero-order valence-corrected chi connectivity index (χ0v) is 10.6. The molecule has 0 aromatic carbocycles. The zero-order valence-electron chi connectivity index (χ0n) is 9.82. The molecular weight excluding hydrogens is 230 g/mol. The first-order valence-corrected chi connectivity index (χ1v) is 6.34. The van der Waals surface area contributed by atoms with Gasteiger partial charge in [0.25, 0.3) is 0 Å². The molecule has 1 saturated heterocycles. The second kappa shape index (κ2) is 4.86. The molecule has 6 heteroatoms. The van der Waals surface area contributed by atoms with E-state index in [1.54, 1.807) is 20.8 Å². The lowest BCUT2D eigenvalue weighted by molar-refractivity contribution is 0.0359. The Morgan fingerprint density at radius 2 is 1.94 bits per heavy atom. The van der Waals surface area contributed by atoms with E-state index < -0.39 is 22.0 Å². The molecule has 1 rings (SSSR count). The highest BCUT2D eigenvalue weighted by atomic mass is 32.2. The van der Waals surface area contributed by atoms with E-state index in [9.17, 15) is 13.2 Å². The number of likely N-dealkylation sites (tertiary alicyclic amines) is 1. The first kappa shape index (κ1) is 13.0. The van der Waals surface area contributed by atoms with Gasteiger partial charge in [0.05, 0.1) is 0 Å². The van der Waals surface area contributed by atoms with Gasteiger partial charge in [-0.05, 0) is 33.6 Å². The Kier molecular flexibility index (Phi) is 3.96. The molecule has 1 heterocycles. The van der Waals surface area contributed by atoms with Gasteiger partial charge in [0.1, 0.15) is 10.6 Å². The molecular formula is C10H17NO4S. The van der Waals surface area contributed by atoms with Crippen molar-refractivity contribution >= 4 is 21.4 Å². The molecule has 92 valence electrons. The Morgan fingerprint density at radius 1 is 1.31 bits per heavy atom. The van der Waals surface area contributed by atoms with Crippen LogP contribution in [0.3, 0.4) is 0 Å². The molecule has 1 fully saturated rings. The molecule has 0 N–H and O–H groups in total. The molecule has 0 spiro atoms. The third-order valence-corrected chi connectivity index (χ3v) is 2.94. The maximum atomic E-state index is 11.7. The second-order valence-corrected chi connectivity index (χ2v) is 5.66. The van der Waals surface area contributed by atoms with E-state index in [4.69, 9.17) is 4.74 Å². The lowest BCUT2D eigenvalue weighted by atomic mass is 10.1. The van der Waals surface area contributed by atoms with E-state index in [1.165, 1.54) is 4.90 Å². The van der Waals surface area contributed by atoms with Gasteiger partial charge in [0.2, 0.25) is 10.3 Å². The van der Waals surface area contributed by atoms with Crippen molar-refractivity contribution in [2.24, 2.45) is 0 Å². The third kappa shape index (κ3) is 3.52. The maximum Gasteiger partial charge on any atom is 0.415 e. The summed E-state index contributed by atoms with van der Waals surface area (Å²) in [6.45, 7) is 5.67. The summed E-state index contributed by atoms with van der Waals surface area (Å²) >= 11 is 0. The quantitative estimate of drug-likeness (QED) is 0.607. The first-order chi connectivity index (χ1) is 7.31. The monoisotopic (exact) mass is 247 g/mol. The summed E-state index contributed by atoms with van der Waals surface area (Å²) in [5.41, 5.74) is -0.607. The molecule has 0 atom stereocenters. The molecule has 0 bridgehead atoms. The molecule has 0 saturated carbocycles. The lowest BCUT2D eigenvalue weighted by Crippen LogP contribution is -2.43. The Bertz CT molecular complexity index is 397. The van der Waals surface area contributed by atoms with Crippen molar-refractivity contribution < 1.29 is 17.9 Å². The first-order valence-electron chi connectivity index (χ1n) is 5.27. The molecule has 0 unspecified atom stereocenters. The number of hydrogen-bond donors (Lipinski definition) is 0. The fourth-order valence-electron chi connectivity index (χ4n) is 1.49. The number of rotatable bonds is 0. The normalized spacial score (nSPS) is 17.2. The van der Waals surface area contributed by atoms with E-state index in [-0.39, 0.29) is 4.99 Å². The highest BCUT2D eigenvalue weighted by molar-refractivity contribution is 7.72. The van der Waals surface area contributed by atoms with Crippen molar-refractivity contribution in [2.45, 2.75) is 45.6 Å². The topological polar surface area (TPSA) is 63.7 Å². The fourth-order valence-corrected chi connectivity index (χ4v) is 2.15. The number of carbonyl (C=O) groups is 1. The smallest absolute Gasteiger partial charge is 0.415 e. The van der Waals surface area contributed by atoms with E-state index in [0.29, 0.717) is 13.0 Å². The van der Waals surface area contributed by atoms with Crippen LogP contribution in [-0.4, -0.2) is 36.5 Å². The molecule has 16 heavy (non-hydrogen) atoms. The van der Waals surface area contributed by atoms with Gasteiger partial charge in [-0.2, -0.15) is 8.42 Å². The van der Waals surface area contributed by atoms with Crippen molar-refractivity contribution in [3.8, 4) is 0 Å². The van der Waals surface area contributed by atoms with Gasteiger partial charge >= 0.3 is 6.09 Å². The molecule has 5 nitrogen and oxygen atoms in total. The predicted octanol–water partition coefficient (Wildman–Crippen LogP) is 1.42. The van der Waals surface area contributed by atoms with Crippen LogP contribution in [0.25, 0.3) is 0 Å². The van der Waals surface area contributed by atoms with Gasteiger partial charge in [-0.3, -0.25) is 4.90 Å². The van der Waals surface area contributed by atoms with Crippen LogP contribution in [0.1, 0.15) is 40.0 Å². The van der Waals surface area contributed by atoms with Crippen LogP contribution < -0.4 is 0 Å². The largest absolute Gasteiger partial charge is 0.443 e. The third-order valence-electron chi connectivity index (χ3n) is 2.13. The van der Waals surface area contributed by atoms with Crippen molar-refractivity contribution in [3.63, 3.8) is 0 Å². The summed E-state index contributed by atoms with van der Waals surface area (Å²) in [4.78, 5) is 13.1. The van der Waals surface area contributed by atoms with Crippen LogP contribution in [0.15, 0.2) is 0 Å². The highest BCUT2D eigenvalue weighted by Gasteiger charge is 2.28. The van der Waals surface area contributed by atoms with E-state index >= 15 is 0 Å². The highest BCUT2D eigenvalue weighted by Crippen LogP contribution is 2.16. The predicted molar refractivity (Wildman–Crippen MR) is 60.7 cm³/mol. The molecule has 1 aliphatic heterocycles. The molecule has 0 aliphatic carbocycles. The summed E-state index contributed by atoms with van der Waals surface area (Å²) in [5, 5.41) is 0. The molecule has 0 aromatic heterocycles. The van der Waals surface area contributed by atoms with Gasteiger partial charge in [-0.15, -0.1) is 0 Å². The van der Waals surface area contributed by atoms with Crippen molar-refractivity contribution in [3.05, 3.63) is 0 Å².